The molecular weight excluding hydrogens is 280 g/mol. The van der Waals surface area contributed by atoms with Crippen LogP contribution in [0, 0.1) is 0 Å². The standard InChI is InChI=1S/C16H18N4O2/c21-15-12-19(9-8-17-15)16(22)7-6-13-10-18-20(11-13)14-4-2-1-3-5-14/h1-5,10-11H,6-9,12H2,(H,17,21). The second-order valence-corrected chi connectivity index (χ2v) is 5.29. The summed E-state index contributed by atoms with van der Waals surface area (Å²) in [5, 5.41) is 7.03. The fourth-order valence-corrected chi connectivity index (χ4v) is 2.47. The van der Waals surface area contributed by atoms with Crippen LogP contribution in [0.15, 0.2) is 42.7 Å². The van der Waals surface area contributed by atoms with Gasteiger partial charge in [-0.1, -0.05) is 18.2 Å². The third-order valence-electron chi connectivity index (χ3n) is 3.68. The number of rotatable bonds is 4. The molecule has 0 saturated carbocycles. The molecule has 22 heavy (non-hydrogen) atoms. The smallest absolute Gasteiger partial charge is 0.239 e. The Labute approximate surface area is 128 Å². The van der Waals surface area contributed by atoms with Gasteiger partial charge >= 0.3 is 0 Å². The number of aryl methyl sites for hydroxylation is 1. The van der Waals surface area contributed by atoms with Crippen LogP contribution in [0.4, 0.5) is 0 Å². The average molecular weight is 298 g/mol. The quantitative estimate of drug-likeness (QED) is 0.906. The number of amides is 2. The van der Waals surface area contributed by atoms with Crippen molar-refractivity contribution in [1.82, 2.24) is 20.0 Å². The molecule has 1 saturated heterocycles. The van der Waals surface area contributed by atoms with Crippen LogP contribution in [0.3, 0.4) is 0 Å². The number of hydrogen-bond donors (Lipinski definition) is 1. The van der Waals surface area contributed by atoms with Gasteiger partial charge in [0, 0.05) is 25.7 Å². The molecule has 0 atom stereocenters. The lowest BCUT2D eigenvalue weighted by Crippen LogP contribution is -2.50. The number of aromatic nitrogens is 2. The van der Waals surface area contributed by atoms with E-state index in [9.17, 15) is 9.59 Å². The van der Waals surface area contributed by atoms with Gasteiger partial charge in [-0.25, -0.2) is 4.68 Å². The molecule has 6 nitrogen and oxygen atoms in total. The van der Waals surface area contributed by atoms with Crippen molar-refractivity contribution in [2.75, 3.05) is 19.6 Å². The van der Waals surface area contributed by atoms with Gasteiger partial charge in [-0.05, 0) is 24.1 Å². The van der Waals surface area contributed by atoms with Crippen LogP contribution < -0.4 is 5.32 Å². The van der Waals surface area contributed by atoms with E-state index in [2.05, 4.69) is 10.4 Å². The number of para-hydroxylation sites is 1. The topological polar surface area (TPSA) is 67.2 Å². The van der Waals surface area contributed by atoms with Crippen molar-refractivity contribution in [3.8, 4) is 5.69 Å². The number of carbonyl (C=O) groups excluding carboxylic acids is 2. The molecule has 1 aliphatic heterocycles. The van der Waals surface area contributed by atoms with E-state index in [1.54, 1.807) is 15.8 Å². The highest BCUT2D eigenvalue weighted by molar-refractivity contribution is 5.85. The third-order valence-corrected chi connectivity index (χ3v) is 3.68. The Morgan fingerprint density at radius 2 is 2.09 bits per heavy atom. The number of benzene rings is 1. The number of piperazine rings is 1. The van der Waals surface area contributed by atoms with Gasteiger partial charge in [-0.2, -0.15) is 5.10 Å². The molecule has 0 spiro atoms. The summed E-state index contributed by atoms with van der Waals surface area (Å²) < 4.78 is 1.80. The molecule has 0 unspecified atom stereocenters. The minimum absolute atomic E-state index is 0.0160. The minimum Gasteiger partial charge on any atom is -0.353 e. The predicted octanol–water partition coefficient (Wildman–Crippen LogP) is 0.763. The van der Waals surface area contributed by atoms with Crippen molar-refractivity contribution in [2.24, 2.45) is 0 Å². The lowest BCUT2D eigenvalue weighted by molar-refractivity contribution is -0.138. The van der Waals surface area contributed by atoms with Crippen molar-refractivity contribution in [3.05, 3.63) is 48.3 Å². The van der Waals surface area contributed by atoms with Crippen LogP contribution in [0.5, 0.6) is 0 Å². The van der Waals surface area contributed by atoms with E-state index in [1.165, 1.54) is 0 Å². The summed E-state index contributed by atoms with van der Waals surface area (Å²) in [6.07, 6.45) is 4.74. The highest BCUT2D eigenvalue weighted by Gasteiger charge is 2.20. The van der Waals surface area contributed by atoms with Crippen molar-refractivity contribution < 1.29 is 9.59 Å². The van der Waals surface area contributed by atoms with Gasteiger partial charge in [-0.15, -0.1) is 0 Å². The van der Waals surface area contributed by atoms with E-state index in [4.69, 9.17) is 0 Å². The van der Waals surface area contributed by atoms with Gasteiger partial charge in [0.1, 0.15) is 0 Å². The number of nitrogens with one attached hydrogen (secondary N) is 1. The van der Waals surface area contributed by atoms with E-state index < -0.39 is 0 Å². The predicted molar refractivity (Wildman–Crippen MR) is 81.5 cm³/mol. The fraction of sp³-hybridized carbons (Fsp3) is 0.312. The summed E-state index contributed by atoms with van der Waals surface area (Å²) >= 11 is 0. The van der Waals surface area contributed by atoms with E-state index in [-0.39, 0.29) is 18.4 Å². The maximum Gasteiger partial charge on any atom is 0.239 e. The Morgan fingerprint density at radius 3 is 2.86 bits per heavy atom. The molecule has 3 rings (SSSR count). The van der Waals surface area contributed by atoms with Gasteiger partial charge < -0.3 is 10.2 Å². The number of hydrogen-bond acceptors (Lipinski definition) is 3. The van der Waals surface area contributed by atoms with Gasteiger partial charge in [-0.3, -0.25) is 9.59 Å². The maximum absolute atomic E-state index is 12.1. The number of nitrogens with zero attached hydrogens (tertiary/aromatic N) is 3. The zero-order valence-electron chi connectivity index (χ0n) is 12.2. The molecule has 1 aromatic heterocycles. The monoisotopic (exact) mass is 298 g/mol. The normalized spacial score (nSPS) is 14.7. The first-order valence-electron chi connectivity index (χ1n) is 7.36. The summed E-state index contributed by atoms with van der Waals surface area (Å²) in [5.74, 6) is -0.0705. The maximum atomic E-state index is 12.1. The summed E-state index contributed by atoms with van der Waals surface area (Å²) in [6, 6.07) is 9.84. The molecule has 1 aliphatic rings. The Kier molecular flexibility index (Phi) is 4.18. The first-order valence-corrected chi connectivity index (χ1v) is 7.36. The van der Waals surface area contributed by atoms with Crippen molar-refractivity contribution >= 4 is 11.8 Å². The Bertz CT molecular complexity index is 666. The Hall–Kier alpha value is -2.63. The van der Waals surface area contributed by atoms with Crippen LogP contribution >= 0.6 is 0 Å². The summed E-state index contributed by atoms with van der Waals surface area (Å²) in [7, 11) is 0. The molecule has 2 amide bonds. The first-order chi connectivity index (χ1) is 10.7. The number of carbonyl (C=O) groups is 2. The first kappa shape index (κ1) is 14.3. The van der Waals surface area contributed by atoms with Crippen LogP contribution in [0.25, 0.3) is 5.69 Å². The summed E-state index contributed by atoms with van der Waals surface area (Å²) in [6.45, 7) is 1.30. The van der Waals surface area contributed by atoms with Crippen LogP contribution in [-0.4, -0.2) is 46.1 Å². The molecule has 2 heterocycles. The second kappa shape index (κ2) is 6.43. The molecule has 1 fully saturated rings. The van der Waals surface area contributed by atoms with E-state index in [0.717, 1.165) is 11.3 Å². The van der Waals surface area contributed by atoms with Crippen LogP contribution in [0.1, 0.15) is 12.0 Å². The lowest BCUT2D eigenvalue weighted by atomic mass is 10.2. The largest absolute Gasteiger partial charge is 0.353 e. The minimum atomic E-state index is -0.0866. The molecule has 6 heteroatoms. The van der Waals surface area contributed by atoms with Crippen LogP contribution in [-0.2, 0) is 16.0 Å². The summed E-state index contributed by atoms with van der Waals surface area (Å²) in [4.78, 5) is 25.0. The average Bonchev–Trinajstić information content (AvgIpc) is 3.02. The van der Waals surface area contributed by atoms with Crippen molar-refractivity contribution in [1.29, 1.82) is 0 Å². The Morgan fingerprint density at radius 1 is 1.27 bits per heavy atom. The molecule has 0 bridgehead atoms. The van der Waals surface area contributed by atoms with E-state index in [0.29, 0.717) is 25.9 Å². The molecule has 1 N–H and O–H groups in total. The van der Waals surface area contributed by atoms with E-state index >= 15 is 0 Å². The molecule has 0 aliphatic carbocycles. The van der Waals surface area contributed by atoms with Crippen molar-refractivity contribution in [2.45, 2.75) is 12.8 Å². The zero-order valence-corrected chi connectivity index (χ0v) is 12.2. The highest BCUT2D eigenvalue weighted by atomic mass is 16.2. The highest BCUT2D eigenvalue weighted by Crippen LogP contribution is 2.10. The van der Waals surface area contributed by atoms with Gasteiger partial charge in [0.25, 0.3) is 0 Å². The molecule has 114 valence electrons. The van der Waals surface area contributed by atoms with Crippen LogP contribution in [0.2, 0.25) is 0 Å². The zero-order chi connectivity index (χ0) is 15.4. The molecule has 2 aromatic rings. The van der Waals surface area contributed by atoms with Gasteiger partial charge in [0.2, 0.25) is 11.8 Å². The molecule has 1 aromatic carbocycles. The van der Waals surface area contributed by atoms with E-state index in [1.807, 2.05) is 36.5 Å². The molecule has 0 radical (unpaired) electrons. The lowest BCUT2D eigenvalue weighted by Gasteiger charge is -2.26. The SMILES string of the molecule is O=C1CN(C(=O)CCc2cnn(-c3ccccc3)c2)CCN1. The third kappa shape index (κ3) is 3.33. The summed E-state index contributed by atoms with van der Waals surface area (Å²) in [5.41, 5.74) is 2.01. The molecular formula is C16H18N4O2. The Balaban J connectivity index is 1.57. The van der Waals surface area contributed by atoms with Gasteiger partial charge in [0.15, 0.2) is 0 Å². The van der Waals surface area contributed by atoms with Crippen molar-refractivity contribution in [3.63, 3.8) is 0 Å². The fourth-order valence-electron chi connectivity index (χ4n) is 2.47. The van der Waals surface area contributed by atoms with Gasteiger partial charge in [0.05, 0.1) is 18.4 Å². The second-order valence-electron chi connectivity index (χ2n) is 5.29.